The second-order valence-corrected chi connectivity index (χ2v) is 4.37. The molecule has 1 heterocycles. The lowest BCUT2D eigenvalue weighted by Gasteiger charge is -2.12. The minimum atomic E-state index is -0.876. The van der Waals surface area contributed by atoms with E-state index in [1.807, 2.05) is 0 Å². The van der Waals surface area contributed by atoms with Gasteiger partial charge in [-0.25, -0.2) is 9.07 Å². The summed E-state index contributed by atoms with van der Waals surface area (Å²) in [5.74, 6) is -0.431. The van der Waals surface area contributed by atoms with Crippen LogP contribution in [0.4, 0.5) is 4.39 Å². The van der Waals surface area contributed by atoms with Crippen LogP contribution in [0.25, 0.3) is 5.69 Å². The summed E-state index contributed by atoms with van der Waals surface area (Å²) in [6, 6.07) is 4.63. The number of benzene rings is 1. The fraction of sp³-hybridized carbons (Fsp3) is 0.182. The molecule has 1 N–H and O–H groups in total. The first-order valence-corrected chi connectivity index (χ1v) is 5.56. The Morgan fingerprint density at radius 2 is 2.25 bits per heavy atom. The average Bonchev–Trinajstić information content (AvgIpc) is 2.63. The van der Waals surface area contributed by atoms with Gasteiger partial charge in [-0.15, -0.1) is 0 Å². The summed E-state index contributed by atoms with van der Waals surface area (Å²) < 4.78 is 15.9. The second-order valence-electron chi connectivity index (χ2n) is 3.45. The zero-order chi connectivity index (χ0) is 11.7. The molecule has 1 aromatic carbocycles. The maximum atomic E-state index is 13.6. The SMILES string of the molecule is C[C@H](O)c1c(F)cccc1-n1cc(Br)cn1. The first kappa shape index (κ1) is 11.3. The Hall–Kier alpha value is -1.20. The number of hydrogen-bond acceptors (Lipinski definition) is 2. The zero-order valence-electron chi connectivity index (χ0n) is 8.56. The maximum Gasteiger partial charge on any atom is 0.131 e. The van der Waals surface area contributed by atoms with Crippen LogP contribution in [0.2, 0.25) is 0 Å². The molecule has 0 aliphatic rings. The number of aliphatic hydroxyl groups is 1. The number of halogens is 2. The Labute approximate surface area is 101 Å². The van der Waals surface area contributed by atoms with Gasteiger partial charge in [0.2, 0.25) is 0 Å². The van der Waals surface area contributed by atoms with Crippen LogP contribution in [0, 0.1) is 5.82 Å². The third-order valence-corrected chi connectivity index (χ3v) is 2.66. The fourth-order valence-electron chi connectivity index (χ4n) is 1.57. The molecule has 0 amide bonds. The lowest BCUT2D eigenvalue weighted by Crippen LogP contribution is -2.05. The van der Waals surface area contributed by atoms with E-state index >= 15 is 0 Å². The first-order chi connectivity index (χ1) is 7.59. The zero-order valence-corrected chi connectivity index (χ0v) is 10.1. The number of hydrogen-bond donors (Lipinski definition) is 1. The van der Waals surface area contributed by atoms with Gasteiger partial charge in [-0.1, -0.05) is 6.07 Å². The summed E-state index contributed by atoms with van der Waals surface area (Å²) >= 11 is 3.27. The minimum absolute atomic E-state index is 0.248. The molecule has 1 aromatic heterocycles. The Balaban J connectivity index is 2.60. The van der Waals surface area contributed by atoms with Crippen molar-refractivity contribution in [2.45, 2.75) is 13.0 Å². The van der Waals surface area contributed by atoms with Gasteiger partial charge in [0.15, 0.2) is 0 Å². The normalized spacial score (nSPS) is 12.8. The quantitative estimate of drug-likeness (QED) is 0.921. The Bertz CT molecular complexity index is 510. The van der Waals surface area contributed by atoms with E-state index in [1.54, 1.807) is 24.5 Å². The number of rotatable bonds is 2. The topological polar surface area (TPSA) is 38.0 Å². The van der Waals surface area contributed by atoms with Gasteiger partial charge in [-0.2, -0.15) is 5.10 Å². The molecule has 0 saturated heterocycles. The van der Waals surface area contributed by atoms with Crippen LogP contribution >= 0.6 is 15.9 Å². The van der Waals surface area contributed by atoms with E-state index < -0.39 is 11.9 Å². The molecule has 0 fully saturated rings. The van der Waals surface area contributed by atoms with Gasteiger partial charge in [0.05, 0.1) is 22.5 Å². The number of aliphatic hydroxyl groups excluding tert-OH is 1. The van der Waals surface area contributed by atoms with Crippen molar-refractivity contribution in [3.8, 4) is 5.69 Å². The van der Waals surface area contributed by atoms with Crippen molar-refractivity contribution in [2.24, 2.45) is 0 Å². The van der Waals surface area contributed by atoms with Crippen LogP contribution in [0.5, 0.6) is 0 Å². The molecular weight excluding hydrogens is 275 g/mol. The van der Waals surface area contributed by atoms with Gasteiger partial charge in [-0.3, -0.25) is 0 Å². The molecule has 0 aliphatic carbocycles. The number of nitrogens with zero attached hydrogens (tertiary/aromatic N) is 2. The lowest BCUT2D eigenvalue weighted by molar-refractivity contribution is 0.194. The molecule has 0 spiro atoms. The van der Waals surface area contributed by atoms with E-state index in [0.29, 0.717) is 5.69 Å². The van der Waals surface area contributed by atoms with Crippen molar-refractivity contribution in [3.63, 3.8) is 0 Å². The average molecular weight is 285 g/mol. The van der Waals surface area contributed by atoms with Gasteiger partial charge < -0.3 is 5.11 Å². The third kappa shape index (κ3) is 2.01. The van der Waals surface area contributed by atoms with E-state index in [9.17, 15) is 9.50 Å². The third-order valence-electron chi connectivity index (χ3n) is 2.25. The smallest absolute Gasteiger partial charge is 0.131 e. The van der Waals surface area contributed by atoms with Crippen LogP contribution in [-0.2, 0) is 0 Å². The second kappa shape index (κ2) is 4.35. The Morgan fingerprint density at radius 1 is 1.50 bits per heavy atom. The molecule has 0 saturated carbocycles. The fourth-order valence-corrected chi connectivity index (χ4v) is 1.86. The molecule has 5 heteroatoms. The largest absolute Gasteiger partial charge is 0.389 e. The van der Waals surface area contributed by atoms with Crippen molar-refractivity contribution < 1.29 is 9.50 Å². The van der Waals surface area contributed by atoms with E-state index in [4.69, 9.17) is 0 Å². The monoisotopic (exact) mass is 284 g/mol. The summed E-state index contributed by atoms with van der Waals surface area (Å²) in [5, 5.41) is 13.6. The summed E-state index contributed by atoms with van der Waals surface area (Å²) in [7, 11) is 0. The molecule has 0 bridgehead atoms. The molecule has 2 aromatic rings. The predicted octanol–water partition coefficient (Wildman–Crippen LogP) is 2.83. The van der Waals surface area contributed by atoms with Crippen LogP contribution in [0.15, 0.2) is 35.1 Å². The molecule has 2 rings (SSSR count). The van der Waals surface area contributed by atoms with E-state index in [-0.39, 0.29) is 5.56 Å². The van der Waals surface area contributed by atoms with E-state index in [2.05, 4.69) is 21.0 Å². The summed E-state index contributed by atoms with van der Waals surface area (Å²) in [6.45, 7) is 1.53. The van der Waals surface area contributed by atoms with Gasteiger partial charge >= 0.3 is 0 Å². The van der Waals surface area contributed by atoms with Crippen molar-refractivity contribution in [3.05, 3.63) is 46.4 Å². The van der Waals surface area contributed by atoms with Crippen molar-refractivity contribution >= 4 is 15.9 Å². The highest BCUT2D eigenvalue weighted by atomic mass is 79.9. The predicted molar refractivity (Wildman–Crippen MR) is 61.9 cm³/mol. The minimum Gasteiger partial charge on any atom is -0.389 e. The van der Waals surface area contributed by atoms with Gasteiger partial charge in [0.1, 0.15) is 5.82 Å². The van der Waals surface area contributed by atoms with Gasteiger partial charge in [-0.05, 0) is 35.0 Å². The number of aromatic nitrogens is 2. The van der Waals surface area contributed by atoms with Crippen LogP contribution < -0.4 is 0 Å². The first-order valence-electron chi connectivity index (χ1n) is 4.76. The highest BCUT2D eigenvalue weighted by Gasteiger charge is 2.15. The Kier molecular flexibility index (Phi) is 3.07. The van der Waals surface area contributed by atoms with Crippen LogP contribution in [-0.4, -0.2) is 14.9 Å². The Morgan fingerprint density at radius 3 is 2.81 bits per heavy atom. The van der Waals surface area contributed by atoms with Gasteiger partial charge in [0.25, 0.3) is 0 Å². The van der Waals surface area contributed by atoms with E-state index in [0.717, 1.165) is 4.47 Å². The standard InChI is InChI=1S/C11H10BrFN2O/c1-7(16)11-9(13)3-2-4-10(11)15-6-8(12)5-14-15/h2-7,16H,1H3/t7-/m0/s1. The maximum absolute atomic E-state index is 13.6. The molecular formula is C11H10BrFN2O. The summed E-state index contributed by atoms with van der Waals surface area (Å²) in [5.41, 5.74) is 0.791. The van der Waals surface area contributed by atoms with Crippen molar-refractivity contribution in [1.29, 1.82) is 0 Å². The molecule has 0 radical (unpaired) electrons. The van der Waals surface area contributed by atoms with Crippen molar-refractivity contribution in [2.75, 3.05) is 0 Å². The van der Waals surface area contributed by atoms with Crippen LogP contribution in [0.3, 0.4) is 0 Å². The highest BCUT2D eigenvalue weighted by Crippen LogP contribution is 2.24. The molecule has 0 unspecified atom stereocenters. The van der Waals surface area contributed by atoms with Crippen LogP contribution in [0.1, 0.15) is 18.6 Å². The van der Waals surface area contributed by atoms with E-state index in [1.165, 1.54) is 17.7 Å². The molecule has 16 heavy (non-hydrogen) atoms. The molecule has 1 atom stereocenters. The van der Waals surface area contributed by atoms with Gasteiger partial charge in [0, 0.05) is 11.8 Å². The highest BCUT2D eigenvalue weighted by molar-refractivity contribution is 9.10. The molecule has 0 aliphatic heterocycles. The van der Waals surface area contributed by atoms with Crippen molar-refractivity contribution in [1.82, 2.24) is 9.78 Å². The molecule has 3 nitrogen and oxygen atoms in total. The summed E-state index contributed by atoms with van der Waals surface area (Å²) in [4.78, 5) is 0. The summed E-state index contributed by atoms with van der Waals surface area (Å²) in [6.07, 6.45) is 2.44. The molecule has 84 valence electrons. The lowest BCUT2D eigenvalue weighted by atomic mass is 10.1.